The van der Waals surface area contributed by atoms with E-state index in [4.69, 9.17) is 5.11 Å². The Morgan fingerprint density at radius 3 is 2.71 bits per heavy atom. The van der Waals surface area contributed by atoms with Gasteiger partial charge in [0.05, 0.1) is 4.47 Å². The lowest BCUT2D eigenvalue weighted by molar-refractivity contribution is -0.146. The van der Waals surface area contributed by atoms with Gasteiger partial charge in [-0.25, -0.2) is 14.0 Å². The number of halogens is 2. The van der Waals surface area contributed by atoms with Gasteiger partial charge in [-0.05, 0) is 15.9 Å². The van der Waals surface area contributed by atoms with Crippen LogP contribution in [0.5, 0.6) is 0 Å². The van der Waals surface area contributed by atoms with Crippen molar-refractivity contribution in [2.75, 3.05) is 0 Å². The molecule has 8 heteroatoms. The van der Waals surface area contributed by atoms with Gasteiger partial charge in [-0.1, -0.05) is 0 Å². The molecular formula is C6H4BrFN2O4. The number of H-pyrrole nitrogens is 1. The molecule has 2 N–H and O–H groups in total. The number of aromatic amines is 1. The zero-order valence-corrected chi connectivity index (χ0v) is 8.12. The van der Waals surface area contributed by atoms with E-state index in [-0.39, 0.29) is 9.04 Å². The molecule has 0 fully saturated rings. The van der Waals surface area contributed by atoms with E-state index in [1.165, 1.54) is 0 Å². The molecule has 1 aromatic heterocycles. The fourth-order valence-electron chi connectivity index (χ4n) is 0.748. The van der Waals surface area contributed by atoms with E-state index in [9.17, 15) is 18.8 Å². The van der Waals surface area contributed by atoms with E-state index in [1.54, 1.807) is 4.98 Å². The Kier molecular flexibility index (Phi) is 2.84. The van der Waals surface area contributed by atoms with Crippen LogP contribution in [-0.2, 0) is 4.79 Å². The Balaban J connectivity index is 3.37. The number of aliphatic carboxylic acids is 1. The Morgan fingerprint density at radius 2 is 2.21 bits per heavy atom. The highest BCUT2D eigenvalue weighted by molar-refractivity contribution is 9.10. The summed E-state index contributed by atoms with van der Waals surface area (Å²) in [7, 11) is 0. The molecule has 6 nitrogen and oxygen atoms in total. The molecule has 1 atom stereocenters. The molecule has 1 rings (SSSR count). The molecule has 0 aliphatic heterocycles. The van der Waals surface area contributed by atoms with Crippen LogP contribution in [0.1, 0.15) is 6.30 Å². The largest absolute Gasteiger partial charge is 0.478 e. The van der Waals surface area contributed by atoms with Crippen LogP contribution in [0.4, 0.5) is 4.39 Å². The smallest absolute Gasteiger partial charge is 0.360 e. The number of carboxylic acid groups (broad SMARTS) is 1. The minimum atomic E-state index is -2.52. The average Bonchev–Trinajstić information content (AvgIpc) is 2.10. The van der Waals surface area contributed by atoms with Crippen molar-refractivity contribution in [3.63, 3.8) is 0 Å². The molecule has 0 saturated carbocycles. The summed E-state index contributed by atoms with van der Waals surface area (Å²) in [6, 6.07) is 0. The van der Waals surface area contributed by atoms with Gasteiger partial charge in [0.2, 0.25) is 0 Å². The third-order valence-electron chi connectivity index (χ3n) is 1.37. The Hall–Kier alpha value is -1.44. The highest BCUT2D eigenvalue weighted by Gasteiger charge is 2.19. The van der Waals surface area contributed by atoms with Crippen LogP contribution in [0.2, 0.25) is 0 Å². The standard InChI is InChI=1S/C6H4BrFN2O4/c7-2-1-10(3(8)5(12)13)6(14)9-4(2)11/h1,3H,(H,12,13)(H,9,11,14). The molecule has 1 unspecified atom stereocenters. The molecule has 0 spiro atoms. The van der Waals surface area contributed by atoms with Crippen LogP contribution in [-0.4, -0.2) is 20.6 Å². The number of aromatic nitrogens is 2. The van der Waals surface area contributed by atoms with Crippen LogP contribution in [0.3, 0.4) is 0 Å². The molecule has 0 aromatic carbocycles. The molecule has 0 aliphatic rings. The number of alkyl halides is 1. The molecule has 0 saturated heterocycles. The quantitative estimate of drug-likeness (QED) is 0.779. The van der Waals surface area contributed by atoms with E-state index in [2.05, 4.69) is 15.9 Å². The number of nitrogens with zero attached hydrogens (tertiary/aromatic N) is 1. The average molecular weight is 267 g/mol. The lowest BCUT2D eigenvalue weighted by atomic mass is 10.5. The molecular weight excluding hydrogens is 263 g/mol. The maximum Gasteiger partial charge on any atom is 0.360 e. The van der Waals surface area contributed by atoms with Crippen molar-refractivity contribution in [2.45, 2.75) is 6.30 Å². The zero-order chi connectivity index (χ0) is 10.9. The van der Waals surface area contributed by atoms with Crippen molar-refractivity contribution in [1.82, 2.24) is 9.55 Å². The fraction of sp³-hybridized carbons (Fsp3) is 0.167. The van der Waals surface area contributed by atoms with Crippen LogP contribution in [0, 0.1) is 0 Å². The number of carboxylic acids is 1. The number of hydrogen-bond donors (Lipinski definition) is 2. The van der Waals surface area contributed by atoms with Gasteiger partial charge < -0.3 is 5.11 Å². The van der Waals surface area contributed by atoms with Gasteiger partial charge >= 0.3 is 11.7 Å². The van der Waals surface area contributed by atoms with E-state index >= 15 is 0 Å². The van der Waals surface area contributed by atoms with Crippen molar-refractivity contribution >= 4 is 21.9 Å². The lowest BCUT2D eigenvalue weighted by Crippen LogP contribution is -2.33. The van der Waals surface area contributed by atoms with Crippen LogP contribution < -0.4 is 11.2 Å². The summed E-state index contributed by atoms with van der Waals surface area (Å²) in [6.07, 6.45) is -1.74. The van der Waals surface area contributed by atoms with Gasteiger partial charge in [0.1, 0.15) is 0 Å². The molecule has 76 valence electrons. The number of rotatable bonds is 2. The topological polar surface area (TPSA) is 92.2 Å². The van der Waals surface area contributed by atoms with Crippen molar-refractivity contribution < 1.29 is 14.3 Å². The van der Waals surface area contributed by atoms with Crippen LogP contribution in [0.25, 0.3) is 0 Å². The van der Waals surface area contributed by atoms with Gasteiger partial charge in [-0.2, -0.15) is 0 Å². The van der Waals surface area contributed by atoms with E-state index in [0.29, 0.717) is 0 Å². The van der Waals surface area contributed by atoms with Gasteiger partial charge in [-0.15, -0.1) is 0 Å². The highest BCUT2D eigenvalue weighted by atomic mass is 79.9. The van der Waals surface area contributed by atoms with Gasteiger partial charge in [-0.3, -0.25) is 14.3 Å². The first kappa shape index (κ1) is 10.6. The third-order valence-corrected chi connectivity index (χ3v) is 1.94. The summed E-state index contributed by atoms with van der Waals surface area (Å²) < 4.78 is 13.0. The molecule has 0 bridgehead atoms. The minimum Gasteiger partial charge on any atom is -0.478 e. The number of hydrogen-bond acceptors (Lipinski definition) is 3. The van der Waals surface area contributed by atoms with Crippen LogP contribution in [0.15, 0.2) is 20.3 Å². The van der Waals surface area contributed by atoms with E-state index in [0.717, 1.165) is 6.20 Å². The number of carbonyl (C=O) groups is 1. The summed E-state index contributed by atoms with van der Waals surface area (Å²) in [4.78, 5) is 33.7. The maximum absolute atomic E-state index is 12.9. The van der Waals surface area contributed by atoms with Crippen molar-refractivity contribution in [3.05, 3.63) is 31.5 Å². The summed E-state index contributed by atoms with van der Waals surface area (Å²) in [6.45, 7) is 0. The fourth-order valence-corrected chi connectivity index (χ4v) is 1.07. The second-order valence-electron chi connectivity index (χ2n) is 2.32. The predicted octanol–water partition coefficient (Wildman–Crippen LogP) is -0.148. The Morgan fingerprint density at radius 1 is 1.64 bits per heavy atom. The van der Waals surface area contributed by atoms with Crippen molar-refractivity contribution in [2.24, 2.45) is 0 Å². The van der Waals surface area contributed by atoms with Crippen LogP contribution >= 0.6 is 15.9 Å². The Bertz CT molecular complexity index is 479. The molecule has 1 aromatic rings. The summed E-state index contributed by atoms with van der Waals surface area (Å²) in [5, 5.41) is 8.28. The van der Waals surface area contributed by atoms with Crippen molar-refractivity contribution in [3.8, 4) is 0 Å². The predicted molar refractivity (Wildman–Crippen MR) is 46.8 cm³/mol. The first-order valence-corrected chi connectivity index (χ1v) is 4.10. The third kappa shape index (κ3) is 1.90. The van der Waals surface area contributed by atoms with Crippen molar-refractivity contribution in [1.29, 1.82) is 0 Å². The molecule has 14 heavy (non-hydrogen) atoms. The monoisotopic (exact) mass is 266 g/mol. The Labute approximate surface area is 84.1 Å². The minimum absolute atomic E-state index is 0.124. The first-order chi connectivity index (χ1) is 6.43. The summed E-state index contributed by atoms with van der Waals surface area (Å²) in [5.74, 6) is -1.81. The lowest BCUT2D eigenvalue weighted by Gasteiger charge is -2.05. The molecule has 0 aliphatic carbocycles. The SMILES string of the molecule is O=C(O)C(F)n1cc(Br)c(=O)[nH]c1=O. The van der Waals surface area contributed by atoms with Gasteiger partial charge in [0, 0.05) is 6.20 Å². The molecule has 0 amide bonds. The highest BCUT2D eigenvalue weighted by Crippen LogP contribution is 2.07. The first-order valence-electron chi connectivity index (χ1n) is 3.31. The van der Waals surface area contributed by atoms with E-state index in [1.807, 2.05) is 0 Å². The normalized spacial score (nSPS) is 12.4. The maximum atomic E-state index is 12.9. The summed E-state index contributed by atoms with van der Waals surface area (Å²) >= 11 is 2.73. The molecule has 1 heterocycles. The van der Waals surface area contributed by atoms with Gasteiger partial charge in [0.25, 0.3) is 11.9 Å². The second-order valence-corrected chi connectivity index (χ2v) is 3.17. The van der Waals surface area contributed by atoms with Gasteiger partial charge in [0.15, 0.2) is 0 Å². The van der Waals surface area contributed by atoms with E-state index < -0.39 is 23.5 Å². The number of nitrogens with one attached hydrogen (secondary N) is 1. The zero-order valence-electron chi connectivity index (χ0n) is 6.53. The summed E-state index contributed by atoms with van der Waals surface area (Å²) in [5.41, 5.74) is -1.86. The molecule has 0 radical (unpaired) electrons. The second kappa shape index (κ2) is 3.74.